The lowest BCUT2D eigenvalue weighted by Gasteiger charge is -2.08. The molecular weight excluding hydrogens is 382 g/mol. The average Bonchev–Trinajstić information content (AvgIpc) is 3.34. The van der Waals surface area contributed by atoms with E-state index in [1.165, 1.54) is 23.4 Å². The third kappa shape index (κ3) is 3.41. The van der Waals surface area contributed by atoms with Crippen LogP contribution in [0.4, 0.5) is 0 Å². The molecule has 0 unspecified atom stereocenters. The van der Waals surface area contributed by atoms with Gasteiger partial charge >= 0.3 is 0 Å². The molecule has 1 amide bonds. The van der Waals surface area contributed by atoms with Gasteiger partial charge in [-0.1, -0.05) is 17.7 Å². The van der Waals surface area contributed by atoms with Crippen LogP contribution in [0.15, 0.2) is 58.3 Å². The Morgan fingerprint density at radius 2 is 2.18 bits per heavy atom. The van der Waals surface area contributed by atoms with Crippen molar-refractivity contribution in [3.8, 4) is 5.69 Å². The molecule has 28 heavy (non-hydrogen) atoms. The van der Waals surface area contributed by atoms with Crippen molar-refractivity contribution in [2.75, 3.05) is 0 Å². The second-order valence-electron chi connectivity index (χ2n) is 6.26. The molecule has 0 atom stereocenters. The molecular formula is C19H16ClN5O3. The van der Waals surface area contributed by atoms with Gasteiger partial charge in [-0.2, -0.15) is 5.10 Å². The fourth-order valence-electron chi connectivity index (χ4n) is 2.86. The summed E-state index contributed by atoms with van der Waals surface area (Å²) in [4.78, 5) is 29.2. The number of nitrogens with zero attached hydrogens (tertiary/aromatic N) is 4. The first-order chi connectivity index (χ1) is 13.5. The summed E-state index contributed by atoms with van der Waals surface area (Å²) >= 11 is 6.09. The Labute approximate surface area is 164 Å². The van der Waals surface area contributed by atoms with Crippen molar-refractivity contribution < 1.29 is 9.21 Å². The molecule has 9 heteroatoms. The van der Waals surface area contributed by atoms with E-state index >= 15 is 0 Å². The summed E-state index contributed by atoms with van der Waals surface area (Å²) in [5, 5.41) is 7.87. The second kappa shape index (κ2) is 7.32. The molecule has 8 nitrogen and oxygen atoms in total. The van der Waals surface area contributed by atoms with E-state index in [2.05, 4.69) is 15.4 Å². The number of fused-ring (bicyclic) bond motifs is 1. The molecule has 0 bridgehead atoms. The van der Waals surface area contributed by atoms with Gasteiger partial charge in [0, 0.05) is 5.02 Å². The minimum Gasteiger partial charge on any atom is -0.467 e. The van der Waals surface area contributed by atoms with Crippen LogP contribution in [0.5, 0.6) is 0 Å². The molecule has 1 N–H and O–H groups in total. The van der Waals surface area contributed by atoms with Crippen LogP contribution >= 0.6 is 11.6 Å². The van der Waals surface area contributed by atoms with Gasteiger partial charge in [-0.05, 0) is 36.8 Å². The van der Waals surface area contributed by atoms with Gasteiger partial charge in [0.25, 0.3) is 5.56 Å². The third-order valence-corrected chi connectivity index (χ3v) is 4.54. The normalized spacial score (nSPS) is 11.1. The second-order valence-corrected chi connectivity index (χ2v) is 6.69. The maximum atomic E-state index is 12.7. The summed E-state index contributed by atoms with van der Waals surface area (Å²) in [7, 11) is 0. The van der Waals surface area contributed by atoms with Gasteiger partial charge < -0.3 is 9.73 Å². The van der Waals surface area contributed by atoms with Crippen LogP contribution in [-0.4, -0.2) is 25.2 Å². The monoisotopic (exact) mass is 397 g/mol. The molecule has 0 saturated heterocycles. The minimum atomic E-state index is -0.343. The highest BCUT2D eigenvalue weighted by Crippen LogP contribution is 2.21. The number of halogens is 1. The maximum Gasteiger partial charge on any atom is 0.264 e. The van der Waals surface area contributed by atoms with Gasteiger partial charge in [0.15, 0.2) is 5.65 Å². The third-order valence-electron chi connectivity index (χ3n) is 4.31. The highest BCUT2D eigenvalue weighted by molar-refractivity contribution is 6.30. The highest BCUT2D eigenvalue weighted by atomic mass is 35.5. The summed E-state index contributed by atoms with van der Waals surface area (Å²) in [5.41, 5.74) is 1.74. The van der Waals surface area contributed by atoms with Gasteiger partial charge in [0.05, 0.1) is 24.7 Å². The predicted molar refractivity (Wildman–Crippen MR) is 103 cm³/mol. The zero-order chi connectivity index (χ0) is 19.7. The topological polar surface area (TPSA) is 95.0 Å². The lowest BCUT2D eigenvalue weighted by molar-refractivity contribution is -0.122. The first kappa shape index (κ1) is 18.0. The Bertz CT molecular complexity index is 1210. The molecule has 0 aliphatic heterocycles. The summed E-state index contributed by atoms with van der Waals surface area (Å²) in [6, 6.07) is 8.91. The van der Waals surface area contributed by atoms with Gasteiger partial charge in [-0.25, -0.2) is 9.67 Å². The van der Waals surface area contributed by atoms with Crippen molar-refractivity contribution in [2.45, 2.75) is 20.0 Å². The molecule has 3 aromatic heterocycles. The first-order valence-corrected chi connectivity index (χ1v) is 8.89. The Morgan fingerprint density at radius 1 is 1.32 bits per heavy atom. The average molecular weight is 398 g/mol. The number of aryl methyl sites for hydroxylation is 1. The van der Waals surface area contributed by atoms with E-state index in [-0.39, 0.29) is 24.6 Å². The van der Waals surface area contributed by atoms with Gasteiger partial charge in [-0.3, -0.25) is 14.2 Å². The molecule has 4 rings (SSSR count). The zero-order valence-corrected chi connectivity index (χ0v) is 15.7. The van der Waals surface area contributed by atoms with Crippen LogP contribution < -0.4 is 10.9 Å². The minimum absolute atomic E-state index is 0.149. The van der Waals surface area contributed by atoms with Gasteiger partial charge in [-0.15, -0.1) is 0 Å². The molecule has 1 aromatic carbocycles. The number of carbonyl (C=O) groups is 1. The Morgan fingerprint density at radius 3 is 2.96 bits per heavy atom. The molecule has 0 fully saturated rings. The number of hydrogen-bond donors (Lipinski definition) is 1. The van der Waals surface area contributed by atoms with E-state index in [0.29, 0.717) is 21.8 Å². The number of aromatic nitrogens is 4. The largest absolute Gasteiger partial charge is 0.467 e. The van der Waals surface area contributed by atoms with E-state index < -0.39 is 0 Å². The number of nitrogens with one attached hydrogen (secondary N) is 1. The zero-order valence-electron chi connectivity index (χ0n) is 14.9. The lowest BCUT2D eigenvalue weighted by Crippen LogP contribution is -2.32. The number of benzene rings is 1. The summed E-state index contributed by atoms with van der Waals surface area (Å²) in [6.07, 6.45) is 4.32. The Hall–Kier alpha value is -3.39. The van der Waals surface area contributed by atoms with Crippen LogP contribution in [-0.2, 0) is 17.9 Å². The lowest BCUT2D eigenvalue weighted by atomic mass is 10.2. The molecule has 0 spiro atoms. The Balaban J connectivity index is 1.60. The van der Waals surface area contributed by atoms with Crippen LogP contribution in [0.25, 0.3) is 16.7 Å². The molecule has 0 saturated carbocycles. The molecule has 142 valence electrons. The van der Waals surface area contributed by atoms with Gasteiger partial charge in [0.1, 0.15) is 24.0 Å². The quantitative estimate of drug-likeness (QED) is 0.558. The standard InChI is InChI=1S/C19H16ClN5O3/c1-12-4-5-13(20)7-16(12)25-18-15(9-23-25)19(27)24(11-22-18)10-17(26)21-8-14-3-2-6-28-14/h2-7,9,11H,8,10H2,1H3,(H,21,26). The highest BCUT2D eigenvalue weighted by Gasteiger charge is 2.14. The Kier molecular flexibility index (Phi) is 4.70. The summed E-state index contributed by atoms with van der Waals surface area (Å²) in [5.74, 6) is 0.310. The number of furan rings is 1. The van der Waals surface area contributed by atoms with E-state index in [0.717, 1.165) is 11.3 Å². The van der Waals surface area contributed by atoms with Gasteiger partial charge in [0.2, 0.25) is 5.91 Å². The fraction of sp³-hybridized carbons (Fsp3) is 0.158. The van der Waals surface area contributed by atoms with E-state index in [9.17, 15) is 9.59 Å². The summed E-state index contributed by atoms with van der Waals surface area (Å²) < 4.78 is 7.98. The van der Waals surface area contributed by atoms with E-state index in [1.807, 2.05) is 13.0 Å². The van der Waals surface area contributed by atoms with Crippen LogP contribution in [0.2, 0.25) is 5.02 Å². The van der Waals surface area contributed by atoms with Crippen molar-refractivity contribution in [1.82, 2.24) is 24.6 Å². The molecule has 0 aliphatic rings. The van der Waals surface area contributed by atoms with Crippen molar-refractivity contribution in [3.63, 3.8) is 0 Å². The fourth-order valence-corrected chi connectivity index (χ4v) is 3.02. The van der Waals surface area contributed by atoms with Crippen LogP contribution in [0.3, 0.4) is 0 Å². The SMILES string of the molecule is Cc1ccc(Cl)cc1-n1ncc2c(=O)n(CC(=O)NCc3ccco3)cnc21. The van der Waals surface area contributed by atoms with Crippen molar-refractivity contribution in [2.24, 2.45) is 0 Å². The van der Waals surface area contributed by atoms with Crippen LogP contribution in [0, 0.1) is 6.92 Å². The van der Waals surface area contributed by atoms with E-state index in [1.54, 1.807) is 28.9 Å². The first-order valence-electron chi connectivity index (χ1n) is 8.52. The van der Waals surface area contributed by atoms with E-state index in [4.69, 9.17) is 16.0 Å². The van der Waals surface area contributed by atoms with Crippen molar-refractivity contribution in [1.29, 1.82) is 0 Å². The maximum absolute atomic E-state index is 12.7. The molecule has 0 aliphatic carbocycles. The predicted octanol–water partition coefficient (Wildman–Crippen LogP) is 2.45. The molecule has 0 radical (unpaired) electrons. The smallest absolute Gasteiger partial charge is 0.264 e. The van der Waals surface area contributed by atoms with Crippen LogP contribution in [0.1, 0.15) is 11.3 Å². The number of hydrogen-bond acceptors (Lipinski definition) is 5. The number of amides is 1. The summed E-state index contributed by atoms with van der Waals surface area (Å²) in [6.45, 7) is 2.02. The number of carbonyl (C=O) groups excluding carboxylic acids is 1. The van der Waals surface area contributed by atoms with Crippen molar-refractivity contribution in [3.05, 3.63) is 75.8 Å². The number of rotatable bonds is 5. The molecule has 3 heterocycles. The molecule has 4 aromatic rings. The van der Waals surface area contributed by atoms with Crippen molar-refractivity contribution >= 4 is 28.5 Å².